The van der Waals surface area contributed by atoms with Crippen molar-refractivity contribution in [3.05, 3.63) is 53.1 Å². The van der Waals surface area contributed by atoms with Gasteiger partial charge in [-0.2, -0.15) is 4.98 Å². The molecule has 0 radical (unpaired) electrons. The molecular weight excluding hydrogens is 425 g/mol. The predicted molar refractivity (Wildman–Crippen MR) is 113 cm³/mol. The lowest BCUT2D eigenvalue weighted by Gasteiger charge is -2.16. The van der Waals surface area contributed by atoms with Crippen molar-refractivity contribution in [3.63, 3.8) is 0 Å². The van der Waals surface area contributed by atoms with E-state index in [0.717, 1.165) is 0 Å². The van der Waals surface area contributed by atoms with Crippen LogP contribution in [0.2, 0.25) is 5.02 Å². The van der Waals surface area contributed by atoms with Gasteiger partial charge >= 0.3 is 0 Å². The van der Waals surface area contributed by atoms with Gasteiger partial charge in [-0.1, -0.05) is 16.8 Å². The van der Waals surface area contributed by atoms with Crippen LogP contribution in [0.5, 0.6) is 11.5 Å². The molecule has 0 saturated carbocycles. The molecule has 1 amide bonds. The lowest BCUT2D eigenvalue weighted by molar-refractivity contribution is -0.117. The Bertz CT molecular complexity index is 1120. The summed E-state index contributed by atoms with van der Waals surface area (Å²) in [6.07, 6.45) is 0.219. The second-order valence-corrected chi connectivity index (χ2v) is 7.90. The molecular formula is C22H21ClFN3O4. The molecule has 1 fully saturated rings. The number of nitrogens with zero attached hydrogens (tertiary/aromatic N) is 3. The maximum atomic E-state index is 13.4. The molecule has 31 heavy (non-hydrogen) atoms. The molecule has 4 rings (SSSR count). The van der Waals surface area contributed by atoms with Gasteiger partial charge in [0.2, 0.25) is 17.6 Å². The first-order valence-electron chi connectivity index (χ1n) is 9.79. The summed E-state index contributed by atoms with van der Waals surface area (Å²) in [6.45, 7) is 4.21. The number of anilines is 1. The number of amides is 1. The molecule has 3 aromatic rings. The second kappa shape index (κ2) is 8.55. The molecule has 1 unspecified atom stereocenters. The van der Waals surface area contributed by atoms with Crippen LogP contribution >= 0.6 is 11.6 Å². The number of benzene rings is 2. The van der Waals surface area contributed by atoms with Gasteiger partial charge in [0.15, 0.2) is 11.5 Å². The summed E-state index contributed by atoms with van der Waals surface area (Å²) in [4.78, 5) is 18.5. The molecule has 0 spiro atoms. The van der Waals surface area contributed by atoms with Crippen molar-refractivity contribution in [2.24, 2.45) is 0 Å². The quantitative estimate of drug-likeness (QED) is 0.540. The zero-order chi connectivity index (χ0) is 22.1. The van der Waals surface area contributed by atoms with E-state index in [-0.39, 0.29) is 29.4 Å². The van der Waals surface area contributed by atoms with E-state index in [0.29, 0.717) is 41.0 Å². The standard InChI is InChI=1S/C22H21ClFN3O4/c1-12(2)30-18-7-4-13(8-19(18)29-3)21-25-22(31-26-21)14-9-20(28)27(11-14)15-5-6-17(24)16(23)10-15/h4-8,10,12,14H,9,11H2,1-3H3. The Hall–Kier alpha value is -3.13. The minimum Gasteiger partial charge on any atom is -0.493 e. The van der Waals surface area contributed by atoms with Gasteiger partial charge in [-0.25, -0.2) is 4.39 Å². The van der Waals surface area contributed by atoms with Crippen molar-refractivity contribution < 1.29 is 23.2 Å². The number of carbonyl (C=O) groups excluding carboxylic acids is 1. The van der Waals surface area contributed by atoms with Crippen molar-refractivity contribution >= 4 is 23.2 Å². The highest BCUT2D eigenvalue weighted by Gasteiger charge is 2.35. The van der Waals surface area contributed by atoms with E-state index >= 15 is 0 Å². The Kier molecular flexibility index (Phi) is 5.82. The van der Waals surface area contributed by atoms with E-state index in [9.17, 15) is 9.18 Å². The maximum absolute atomic E-state index is 13.4. The van der Waals surface area contributed by atoms with E-state index in [1.54, 1.807) is 24.1 Å². The van der Waals surface area contributed by atoms with Gasteiger partial charge in [0.1, 0.15) is 5.82 Å². The summed E-state index contributed by atoms with van der Waals surface area (Å²) in [5.41, 5.74) is 1.23. The molecule has 0 aliphatic carbocycles. The molecule has 0 N–H and O–H groups in total. The summed E-state index contributed by atoms with van der Waals surface area (Å²) in [5, 5.41) is 4.03. The zero-order valence-corrected chi connectivity index (χ0v) is 18.0. The average Bonchev–Trinajstić information content (AvgIpc) is 3.37. The SMILES string of the molecule is COc1cc(-c2noc(C3CC(=O)N(c4ccc(F)c(Cl)c4)C3)n2)ccc1OC(C)C. The van der Waals surface area contributed by atoms with Crippen LogP contribution in [0.3, 0.4) is 0 Å². The number of hydrogen-bond acceptors (Lipinski definition) is 6. The molecule has 1 atom stereocenters. The normalized spacial score (nSPS) is 16.3. The van der Waals surface area contributed by atoms with Crippen molar-refractivity contribution in [2.45, 2.75) is 32.3 Å². The molecule has 1 aliphatic rings. The second-order valence-electron chi connectivity index (χ2n) is 7.49. The first kappa shape index (κ1) is 21.1. The fourth-order valence-corrected chi connectivity index (χ4v) is 3.63. The van der Waals surface area contributed by atoms with Crippen molar-refractivity contribution in [2.75, 3.05) is 18.6 Å². The summed E-state index contributed by atoms with van der Waals surface area (Å²) >= 11 is 5.86. The molecule has 0 bridgehead atoms. The molecule has 162 valence electrons. The van der Waals surface area contributed by atoms with Gasteiger partial charge < -0.3 is 18.9 Å². The topological polar surface area (TPSA) is 77.7 Å². The van der Waals surface area contributed by atoms with E-state index in [1.165, 1.54) is 18.2 Å². The van der Waals surface area contributed by atoms with E-state index in [2.05, 4.69) is 10.1 Å². The first-order valence-corrected chi connectivity index (χ1v) is 10.2. The maximum Gasteiger partial charge on any atom is 0.232 e. The summed E-state index contributed by atoms with van der Waals surface area (Å²) < 4.78 is 30.0. The van der Waals surface area contributed by atoms with Crippen LogP contribution in [-0.4, -0.2) is 35.8 Å². The fraction of sp³-hybridized carbons (Fsp3) is 0.318. The van der Waals surface area contributed by atoms with Crippen LogP contribution in [-0.2, 0) is 4.79 Å². The van der Waals surface area contributed by atoms with E-state index < -0.39 is 5.82 Å². The lowest BCUT2D eigenvalue weighted by atomic mass is 10.1. The van der Waals surface area contributed by atoms with Crippen LogP contribution in [0.15, 0.2) is 40.9 Å². The smallest absolute Gasteiger partial charge is 0.232 e. The summed E-state index contributed by atoms with van der Waals surface area (Å²) in [5.74, 6) is 1.01. The third kappa shape index (κ3) is 4.34. The van der Waals surface area contributed by atoms with Crippen LogP contribution in [0.4, 0.5) is 10.1 Å². The minimum atomic E-state index is -0.532. The number of halogens is 2. The van der Waals surface area contributed by atoms with E-state index in [1.807, 2.05) is 19.9 Å². The van der Waals surface area contributed by atoms with Crippen LogP contribution in [0.1, 0.15) is 32.1 Å². The van der Waals surface area contributed by atoms with Crippen LogP contribution in [0.25, 0.3) is 11.4 Å². The molecule has 2 heterocycles. The predicted octanol–water partition coefficient (Wildman–Crippen LogP) is 4.85. The third-order valence-electron chi connectivity index (χ3n) is 4.92. The zero-order valence-electron chi connectivity index (χ0n) is 17.3. The molecule has 2 aromatic carbocycles. The highest BCUT2D eigenvalue weighted by molar-refractivity contribution is 6.31. The number of methoxy groups -OCH3 is 1. The highest BCUT2D eigenvalue weighted by atomic mass is 35.5. The van der Waals surface area contributed by atoms with Crippen LogP contribution < -0.4 is 14.4 Å². The average molecular weight is 446 g/mol. The van der Waals surface area contributed by atoms with Crippen molar-refractivity contribution in [3.8, 4) is 22.9 Å². The Morgan fingerprint density at radius 1 is 1.23 bits per heavy atom. The van der Waals surface area contributed by atoms with Crippen LogP contribution in [0, 0.1) is 5.82 Å². The Morgan fingerprint density at radius 3 is 2.74 bits per heavy atom. The molecule has 1 saturated heterocycles. The van der Waals surface area contributed by atoms with Crippen molar-refractivity contribution in [1.82, 2.24) is 10.1 Å². The number of rotatable bonds is 6. The van der Waals surface area contributed by atoms with Gasteiger partial charge in [0.25, 0.3) is 0 Å². The molecule has 9 heteroatoms. The van der Waals surface area contributed by atoms with Gasteiger partial charge in [0, 0.05) is 24.2 Å². The first-order chi connectivity index (χ1) is 14.9. The van der Waals surface area contributed by atoms with Gasteiger partial charge in [0.05, 0.1) is 24.2 Å². The largest absolute Gasteiger partial charge is 0.493 e. The Labute approximate surface area is 183 Å². The number of carbonyl (C=O) groups is 1. The Morgan fingerprint density at radius 2 is 2.03 bits per heavy atom. The monoisotopic (exact) mass is 445 g/mol. The van der Waals surface area contributed by atoms with Crippen molar-refractivity contribution in [1.29, 1.82) is 0 Å². The summed E-state index contributed by atoms with van der Waals surface area (Å²) in [6, 6.07) is 9.59. The number of ether oxygens (including phenoxy) is 2. The highest BCUT2D eigenvalue weighted by Crippen LogP contribution is 2.35. The van der Waals surface area contributed by atoms with E-state index in [4.69, 9.17) is 25.6 Å². The summed E-state index contributed by atoms with van der Waals surface area (Å²) in [7, 11) is 1.56. The molecule has 1 aliphatic heterocycles. The lowest BCUT2D eigenvalue weighted by Crippen LogP contribution is -2.24. The molecule has 1 aromatic heterocycles. The molecule has 7 nitrogen and oxygen atoms in total. The van der Waals surface area contributed by atoms with Gasteiger partial charge in [-0.15, -0.1) is 0 Å². The number of aromatic nitrogens is 2. The van der Waals surface area contributed by atoms with Gasteiger partial charge in [-0.05, 0) is 50.2 Å². The minimum absolute atomic E-state index is 0.00960. The third-order valence-corrected chi connectivity index (χ3v) is 5.21. The Balaban J connectivity index is 1.54. The fourth-order valence-electron chi connectivity index (χ4n) is 3.45. The number of hydrogen-bond donors (Lipinski definition) is 0. The van der Waals surface area contributed by atoms with Gasteiger partial charge in [-0.3, -0.25) is 4.79 Å².